The predicted molar refractivity (Wildman–Crippen MR) is 135 cm³/mol. The van der Waals surface area contributed by atoms with Gasteiger partial charge in [-0.25, -0.2) is 9.78 Å². The topological polar surface area (TPSA) is 111 Å². The second kappa shape index (κ2) is 9.22. The van der Waals surface area contributed by atoms with Crippen molar-refractivity contribution in [3.05, 3.63) is 64.2 Å². The normalized spacial score (nSPS) is 16.8. The fraction of sp³-hybridized carbons (Fsp3) is 0.370. The molecule has 0 saturated carbocycles. The highest BCUT2D eigenvalue weighted by atomic mass is 16.5. The Morgan fingerprint density at radius 3 is 2.67 bits per heavy atom. The molecule has 9 nitrogen and oxygen atoms in total. The molecule has 36 heavy (non-hydrogen) atoms. The highest BCUT2D eigenvalue weighted by molar-refractivity contribution is 6.14. The number of fused-ring (bicyclic) bond motifs is 3. The van der Waals surface area contributed by atoms with E-state index in [4.69, 9.17) is 4.74 Å². The van der Waals surface area contributed by atoms with Crippen molar-refractivity contribution in [3.63, 3.8) is 0 Å². The zero-order valence-corrected chi connectivity index (χ0v) is 20.4. The van der Waals surface area contributed by atoms with Gasteiger partial charge in [0, 0.05) is 13.0 Å². The Kier molecular flexibility index (Phi) is 6.07. The van der Waals surface area contributed by atoms with Gasteiger partial charge in [-0.15, -0.1) is 0 Å². The lowest BCUT2D eigenvalue weighted by atomic mass is 9.96. The summed E-state index contributed by atoms with van der Waals surface area (Å²) in [6.45, 7) is 3.38. The summed E-state index contributed by atoms with van der Waals surface area (Å²) >= 11 is 0. The number of anilines is 2. The van der Waals surface area contributed by atoms with Crippen LogP contribution in [0.5, 0.6) is 0 Å². The molecule has 0 unspecified atom stereocenters. The Morgan fingerprint density at radius 1 is 1.06 bits per heavy atom. The van der Waals surface area contributed by atoms with Gasteiger partial charge in [0.1, 0.15) is 11.4 Å². The first-order valence-electron chi connectivity index (χ1n) is 12.2. The minimum Gasteiger partial charge on any atom is -0.452 e. The molecule has 9 heteroatoms. The molecule has 186 valence electrons. The Labute approximate surface area is 208 Å². The number of carbonyl (C=O) groups is 3. The van der Waals surface area contributed by atoms with E-state index in [0.29, 0.717) is 28.8 Å². The molecule has 0 atom stereocenters. The first-order chi connectivity index (χ1) is 17.3. The lowest BCUT2D eigenvalue weighted by molar-refractivity contribution is -0.128. The molecule has 2 aromatic carbocycles. The molecule has 2 aliphatic heterocycles. The summed E-state index contributed by atoms with van der Waals surface area (Å²) < 4.78 is 7.08. The van der Waals surface area contributed by atoms with Crippen molar-refractivity contribution in [1.82, 2.24) is 9.55 Å². The van der Waals surface area contributed by atoms with E-state index in [1.54, 1.807) is 48.7 Å². The van der Waals surface area contributed by atoms with Crippen molar-refractivity contribution in [1.29, 1.82) is 0 Å². The van der Waals surface area contributed by atoms with Crippen molar-refractivity contribution >= 4 is 40.1 Å². The number of hydrogen-bond donors (Lipinski definition) is 1. The quantitative estimate of drug-likeness (QED) is 0.566. The summed E-state index contributed by atoms with van der Waals surface area (Å²) in [5.74, 6) is -0.819. The molecule has 0 radical (unpaired) electrons. The zero-order chi connectivity index (χ0) is 25.4. The number of hydrogen-bond acceptors (Lipinski definition) is 6. The van der Waals surface area contributed by atoms with Crippen LogP contribution in [-0.2, 0) is 27.3 Å². The number of esters is 1. The van der Waals surface area contributed by atoms with Crippen LogP contribution in [0.25, 0.3) is 10.9 Å². The van der Waals surface area contributed by atoms with Crippen LogP contribution in [0.15, 0.2) is 47.3 Å². The van der Waals surface area contributed by atoms with Crippen molar-refractivity contribution < 1.29 is 19.1 Å². The predicted octanol–water partition coefficient (Wildman–Crippen LogP) is 3.43. The van der Waals surface area contributed by atoms with Gasteiger partial charge in [0.15, 0.2) is 6.61 Å². The smallest absolute Gasteiger partial charge is 0.338 e. The van der Waals surface area contributed by atoms with Gasteiger partial charge in [-0.3, -0.25) is 23.9 Å². The zero-order valence-electron chi connectivity index (χ0n) is 20.4. The van der Waals surface area contributed by atoms with Crippen LogP contribution in [0, 0.1) is 0 Å². The highest BCUT2D eigenvalue weighted by Crippen LogP contribution is 2.36. The standard InChI is InChI=1S/C27H28N4O5/c1-27(2)26(35)29-19-9-6-7-10-21(19)31(27)23(32)16-36-25(34)17-12-13-18-20(15-17)28-22-11-5-3-4-8-14-30(22)24(18)33/h6-7,9-10,12-13,15H,3-5,8,11,14,16H2,1-2H3,(H,29,35). The van der Waals surface area contributed by atoms with Crippen molar-refractivity contribution in [2.45, 2.75) is 58.0 Å². The average molecular weight is 489 g/mol. The Balaban J connectivity index is 1.37. The van der Waals surface area contributed by atoms with Crippen LogP contribution in [0.1, 0.15) is 55.7 Å². The number of amides is 2. The number of ether oxygens (including phenoxy) is 1. The summed E-state index contributed by atoms with van der Waals surface area (Å²) in [5.41, 5.74) is 0.433. The molecular formula is C27H28N4O5. The molecule has 0 saturated heterocycles. The molecule has 0 bridgehead atoms. The second-order valence-electron chi connectivity index (χ2n) is 9.72. The lowest BCUT2D eigenvalue weighted by Crippen LogP contribution is -2.59. The molecule has 0 aliphatic carbocycles. The Hall–Kier alpha value is -4.01. The van der Waals surface area contributed by atoms with Gasteiger partial charge in [0.2, 0.25) is 5.91 Å². The molecule has 2 amide bonds. The van der Waals surface area contributed by atoms with Gasteiger partial charge in [0.05, 0.1) is 27.8 Å². The fourth-order valence-corrected chi connectivity index (χ4v) is 4.90. The van der Waals surface area contributed by atoms with E-state index in [0.717, 1.165) is 37.9 Å². The average Bonchev–Trinajstić information content (AvgIpc) is 2.84. The molecule has 0 fully saturated rings. The number of carbonyl (C=O) groups excluding carboxylic acids is 3. The molecule has 1 N–H and O–H groups in total. The fourth-order valence-electron chi connectivity index (χ4n) is 4.90. The van der Waals surface area contributed by atoms with Crippen LogP contribution in [0.3, 0.4) is 0 Å². The summed E-state index contributed by atoms with van der Waals surface area (Å²) in [6, 6.07) is 11.6. The summed E-state index contributed by atoms with van der Waals surface area (Å²) in [7, 11) is 0. The summed E-state index contributed by atoms with van der Waals surface area (Å²) in [6.07, 6.45) is 4.83. The SMILES string of the molecule is CC1(C)C(=O)Nc2ccccc2N1C(=O)COC(=O)c1ccc2c(=O)n3c(nc2c1)CCCCCC3. The van der Waals surface area contributed by atoms with Gasteiger partial charge >= 0.3 is 5.97 Å². The number of rotatable bonds is 3. The number of aryl methyl sites for hydroxylation is 1. The molecule has 5 rings (SSSR count). The minimum absolute atomic E-state index is 0.101. The number of benzene rings is 2. The van der Waals surface area contributed by atoms with Gasteiger partial charge in [-0.05, 0) is 57.0 Å². The largest absolute Gasteiger partial charge is 0.452 e. The number of para-hydroxylation sites is 2. The van der Waals surface area contributed by atoms with Crippen LogP contribution < -0.4 is 15.8 Å². The van der Waals surface area contributed by atoms with Gasteiger partial charge < -0.3 is 10.1 Å². The Morgan fingerprint density at radius 2 is 1.83 bits per heavy atom. The third kappa shape index (κ3) is 4.14. The van der Waals surface area contributed by atoms with E-state index < -0.39 is 24.0 Å². The number of nitrogens with one attached hydrogen (secondary N) is 1. The molecule has 2 aliphatic rings. The van der Waals surface area contributed by atoms with Gasteiger partial charge in [-0.1, -0.05) is 25.0 Å². The summed E-state index contributed by atoms with van der Waals surface area (Å²) in [4.78, 5) is 57.6. The lowest BCUT2D eigenvalue weighted by Gasteiger charge is -2.41. The molecule has 1 aromatic heterocycles. The maximum Gasteiger partial charge on any atom is 0.338 e. The van der Waals surface area contributed by atoms with E-state index in [1.807, 2.05) is 0 Å². The highest BCUT2D eigenvalue weighted by Gasteiger charge is 2.43. The monoisotopic (exact) mass is 488 g/mol. The molecule has 3 heterocycles. The molecule has 0 spiro atoms. The van der Waals surface area contributed by atoms with Crippen LogP contribution in [-0.4, -0.2) is 39.5 Å². The maximum absolute atomic E-state index is 13.1. The van der Waals surface area contributed by atoms with E-state index in [9.17, 15) is 19.2 Å². The summed E-state index contributed by atoms with van der Waals surface area (Å²) in [5, 5.41) is 3.25. The van der Waals surface area contributed by atoms with Crippen LogP contribution in [0.4, 0.5) is 11.4 Å². The number of aromatic nitrogens is 2. The van der Waals surface area contributed by atoms with Crippen molar-refractivity contribution in [2.75, 3.05) is 16.8 Å². The van der Waals surface area contributed by atoms with Crippen molar-refractivity contribution in [3.8, 4) is 0 Å². The van der Waals surface area contributed by atoms with Gasteiger partial charge in [0.25, 0.3) is 11.5 Å². The Bertz CT molecular complexity index is 1440. The molecule has 3 aromatic rings. The van der Waals surface area contributed by atoms with E-state index in [2.05, 4.69) is 10.3 Å². The van der Waals surface area contributed by atoms with E-state index in [-0.39, 0.29) is 17.0 Å². The van der Waals surface area contributed by atoms with Crippen molar-refractivity contribution in [2.24, 2.45) is 0 Å². The third-order valence-corrected chi connectivity index (χ3v) is 6.89. The van der Waals surface area contributed by atoms with E-state index in [1.165, 1.54) is 17.0 Å². The first-order valence-corrected chi connectivity index (χ1v) is 12.2. The molecular weight excluding hydrogens is 460 g/mol. The third-order valence-electron chi connectivity index (χ3n) is 6.89. The number of nitrogens with zero attached hydrogens (tertiary/aromatic N) is 3. The first kappa shape index (κ1) is 23.7. The van der Waals surface area contributed by atoms with Gasteiger partial charge in [-0.2, -0.15) is 0 Å². The second-order valence-corrected chi connectivity index (χ2v) is 9.72. The van der Waals surface area contributed by atoms with Crippen LogP contribution in [0.2, 0.25) is 0 Å². The van der Waals surface area contributed by atoms with Crippen LogP contribution >= 0.6 is 0 Å². The minimum atomic E-state index is -1.16. The maximum atomic E-state index is 13.1. The van der Waals surface area contributed by atoms with E-state index >= 15 is 0 Å².